The molecule has 2 rings (SSSR count). The first-order valence-electron chi connectivity index (χ1n) is 6.03. The molecule has 1 saturated heterocycles. The first kappa shape index (κ1) is 13.4. The van der Waals surface area contributed by atoms with Crippen molar-refractivity contribution in [3.8, 4) is 0 Å². The first-order chi connectivity index (χ1) is 9.09. The van der Waals surface area contributed by atoms with Crippen LogP contribution < -0.4 is 5.32 Å². The van der Waals surface area contributed by atoms with Crippen LogP contribution in [-0.2, 0) is 0 Å². The molecular formula is C12H14FN3O3. The fourth-order valence-corrected chi connectivity index (χ4v) is 2.06. The SMILES string of the molecule is O=C(c1cc(F)ccc1[N+](=O)[O-])N1CCCNCC1. The molecular weight excluding hydrogens is 253 g/mol. The standard InChI is InChI=1S/C12H14FN3O3/c13-9-2-3-11(16(18)19)10(8-9)12(17)15-6-1-4-14-5-7-15/h2-3,8,14H,1,4-7H2. The zero-order valence-corrected chi connectivity index (χ0v) is 10.3. The van der Waals surface area contributed by atoms with Gasteiger partial charge in [0, 0.05) is 25.7 Å². The zero-order valence-electron chi connectivity index (χ0n) is 10.3. The highest BCUT2D eigenvalue weighted by atomic mass is 19.1. The van der Waals surface area contributed by atoms with Gasteiger partial charge in [-0.15, -0.1) is 0 Å². The van der Waals surface area contributed by atoms with Crippen LogP contribution in [0.1, 0.15) is 16.8 Å². The number of carbonyl (C=O) groups excluding carboxylic acids is 1. The highest BCUT2D eigenvalue weighted by Gasteiger charge is 2.25. The number of hydrogen-bond acceptors (Lipinski definition) is 4. The molecule has 1 fully saturated rings. The van der Waals surface area contributed by atoms with Gasteiger partial charge in [0.1, 0.15) is 11.4 Å². The Morgan fingerprint density at radius 3 is 2.89 bits per heavy atom. The van der Waals surface area contributed by atoms with Gasteiger partial charge in [0.2, 0.25) is 0 Å². The fraction of sp³-hybridized carbons (Fsp3) is 0.417. The van der Waals surface area contributed by atoms with Gasteiger partial charge in [0.15, 0.2) is 0 Å². The third-order valence-corrected chi connectivity index (χ3v) is 3.01. The van der Waals surface area contributed by atoms with Crippen LogP contribution >= 0.6 is 0 Å². The van der Waals surface area contributed by atoms with Crippen molar-refractivity contribution in [3.05, 3.63) is 39.7 Å². The number of carbonyl (C=O) groups is 1. The Morgan fingerprint density at radius 1 is 1.37 bits per heavy atom. The predicted octanol–water partition coefficient (Wildman–Crippen LogP) is 1.17. The summed E-state index contributed by atoms with van der Waals surface area (Å²) in [6, 6.07) is 2.94. The number of hydrogen-bond donors (Lipinski definition) is 1. The molecule has 1 aliphatic heterocycles. The Kier molecular flexibility index (Phi) is 4.06. The molecule has 1 heterocycles. The summed E-state index contributed by atoms with van der Waals surface area (Å²) in [7, 11) is 0. The van der Waals surface area contributed by atoms with Crippen LogP contribution in [0.15, 0.2) is 18.2 Å². The van der Waals surface area contributed by atoms with E-state index in [1.807, 2.05) is 0 Å². The monoisotopic (exact) mass is 267 g/mol. The van der Waals surface area contributed by atoms with E-state index < -0.39 is 16.6 Å². The summed E-state index contributed by atoms with van der Waals surface area (Å²) >= 11 is 0. The largest absolute Gasteiger partial charge is 0.337 e. The number of rotatable bonds is 2. The summed E-state index contributed by atoms with van der Waals surface area (Å²) in [6.07, 6.45) is 0.773. The molecule has 0 saturated carbocycles. The fourth-order valence-electron chi connectivity index (χ4n) is 2.06. The molecule has 0 atom stereocenters. The molecule has 0 bridgehead atoms. The lowest BCUT2D eigenvalue weighted by molar-refractivity contribution is -0.385. The first-order valence-corrected chi connectivity index (χ1v) is 6.03. The molecule has 0 aliphatic carbocycles. The van der Waals surface area contributed by atoms with Gasteiger partial charge >= 0.3 is 0 Å². The van der Waals surface area contributed by atoms with E-state index in [1.165, 1.54) is 4.90 Å². The lowest BCUT2D eigenvalue weighted by Crippen LogP contribution is -2.34. The maximum atomic E-state index is 13.2. The average molecular weight is 267 g/mol. The van der Waals surface area contributed by atoms with Crippen molar-refractivity contribution in [2.24, 2.45) is 0 Å². The maximum Gasteiger partial charge on any atom is 0.282 e. The van der Waals surface area contributed by atoms with E-state index in [0.29, 0.717) is 19.6 Å². The minimum absolute atomic E-state index is 0.188. The van der Waals surface area contributed by atoms with Crippen LogP contribution in [0.3, 0.4) is 0 Å². The molecule has 1 aliphatic rings. The van der Waals surface area contributed by atoms with Gasteiger partial charge in [-0.2, -0.15) is 0 Å². The van der Waals surface area contributed by atoms with Crippen LogP contribution in [0.4, 0.5) is 10.1 Å². The molecule has 1 N–H and O–H groups in total. The number of benzene rings is 1. The van der Waals surface area contributed by atoms with E-state index >= 15 is 0 Å². The van der Waals surface area contributed by atoms with Gasteiger partial charge in [-0.25, -0.2) is 4.39 Å². The van der Waals surface area contributed by atoms with Crippen molar-refractivity contribution in [1.29, 1.82) is 0 Å². The van der Waals surface area contributed by atoms with Crippen molar-refractivity contribution >= 4 is 11.6 Å². The summed E-state index contributed by atoms with van der Waals surface area (Å²) in [5.41, 5.74) is -0.546. The van der Waals surface area contributed by atoms with Crippen molar-refractivity contribution in [2.45, 2.75) is 6.42 Å². The van der Waals surface area contributed by atoms with Crippen molar-refractivity contribution in [3.63, 3.8) is 0 Å². The molecule has 1 aromatic rings. The maximum absolute atomic E-state index is 13.2. The molecule has 19 heavy (non-hydrogen) atoms. The van der Waals surface area contributed by atoms with Gasteiger partial charge in [0.05, 0.1) is 4.92 Å². The summed E-state index contributed by atoms with van der Waals surface area (Å²) in [6.45, 7) is 2.41. The smallest absolute Gasteiger partial charge is 0.282 e. The minimum atomic E-state index is -0.664. The average Bonchev–Trinajstić information content (AvgIpc) is 2.66. The summed E-state index contributed by atoms with van der Waals surface area (Å²) < 4.78 is 13.2. The van der Waals surface area contributed by atoms with Crippen LogP contribution in [0.2, 0.25) is 0 Å². The lowest BCUT2D eigenvalue weighted by atomic mass is 10.1. The van der Waals surface area contributed by atoms with E-state index in [2.05, 4.69) is 5.32 Å². The van der Waals surface area contributed by atoms with Crippen LogP contribution in [0.25, 0.3) is 0 Å². The molecule has 0 radical (unpaired) electrons. The van der Waals surface area contributed by atoms with Gasteiger partial charge in [-0.05, 0) is 25.1 Å². The Morgan fingerprint density at radius 2 is 2.16 bits per heavy atom. The topological polar surface area (TPSA) is 75.5 Å². The molecule has 6 nitrogen and oxygen atoms in total. The zero-order chi connectivity index (χ0) is 13.8. The van der Waals surface area contributed by atoms with E-state index in [9.17, 15) is 19.3 Å². The van der Waals surface area contributed by atoms with Crippen molar-refractivity contribution in [2.75, 3.05) is 26.2 Å². The third kappa shape index (κ3) is 3.05. The summed E-state index contributed by atoms with van der Waals surface area (Å²) in [5.74, 6) is -1.14. The Balaban J connectivity index is 2.31. The molecule has 1 aromatic carbocycles. The van der Waals surface area contributed by atoms with E-state index in [-0.39, 0.29) is 11.3 Å². The number of nitrogens with one attached hydrogen (secondary N) is 1. The van der Waals surface area contributed by atoms with Crippen LogP contribution in [0.5, 0.6) is 0 Å². The quantitative estimate of drug-likeness (QED) is 0.644. The van der Waals surface area contributed by atoms with Gasteiger partial charge < -0.3 is 10.2 Å². The Hall–Kier alpha value is -2.02. The summed E-state index contributed by atoms with van der Waals surface area (Å²) in [4.78, 5) is 24.0. The number of amides is 1. The number of halogens is 1. The molecule has 0 aromatic heterocycles. The molecule has 1 amide bonds. The predicted molar refractivity (Wildman–Crippen MR) is 66.4 cm³/mol. The van der Waals surface area contributed by atoms with Gasteiger partial charge in [0.25, 0.3) is 11.6 Å². The second-order valence-corrected chi connectivity index (χ2v) is 4.31. The Bertz CT molecular complexity index is 499. The van der Waals surface area contributed by atoms with Gasteiger partial charge in [-0.1, -0.05) is 0 Å². The van der Waals surface area contributed by atoms with E-state index in [0.717, 1.165) is 31.2 Å². The minimum Gasteiger partial charge on any atom is -0.337 e. The lowest BCUT2D eigenvalue weighted by Gasteiger charge is -2.19. The molecule has 7 heteroatoms. The molecule has 0 spiro atoms. The van der Waals surface area contributed by atoms with Crippen LogP contribution in [-0.4, -0.2) is 41.9 Å². The number of nitrogens with zero attached hydrogens (tertiary/aromatic N) is 2. The van der Waals surface area contributed by atoms with Crippen molar-refractivity contribution < 1.29 is 14.1 Å². The third-order valence-electron chi connectivity index (χ3n) is 3.01. The second-order valence-electron chi connectivity index (χ2n) is 4.31. The van der Waals surface area contributed by atoms with E-state index in [4.69, 9.17) is 0 Å². The van der Waals surface area contributed by atoms with E-state index in [1.54, 1.807) is 0 Å². The van der Waals surface area contributed by atoms with Crippen LogP contribution in [0, 0.1) is 15.9 Å². The number of nitro benzene ring substituents is 1. The number of nitro groups is 1. The highest BCUT2D eigenvalue weighted by molar-refractivity contribution is 5.98. The normalized spacial score (nSPS) is 15.9. The second kappa shape index (κ2) is 5.75. The molecule has 102 valence electrons. The van der Waals surface area contributed by atoms with Crippen molar-refractivity contribution in [1.82, 2.24) is 10.2 Å². The Labute approximate surface area is 109 Å². The van der Waals surface area contributed by atoms with Gasteiger partial charge in [-0.3, -0.25) is 14.9 Å². The summed E-state index contributed by atoms with van der Waals surface area (Å²) in [5, 5.41) is 14.0. The highest BCUT2D eigenvalue weighted by Crippen LogP contribution is 2.21. The molecule has 0 unspecified atom stereocenters.